The maximum absolute atomic E-state index is 12.2. The Morgan fingerprint density at radius 3 is 2.26 bits per heavy atom. The Bertz CT molecular complexity index is 535. The van der Waals surface area contributed by atoms with Crippen molar-refractivity contribution in [1.29, 1.82) is 0 Å². The second-order valence-electron chi connectivity index (χ2n) is 6.96. The van der Waals surface area contributed by atoms with Crippen LogP contribution < -0.4 is 4.74 Å². The van der Waals surface area contributed by atoms with Crippen molar-refractivity contribution in [2.24, 2.45) is 17.8 Å². The van der Waals surface area contributed by atoms with Crippen molar-refractivity contribution in [3.05, 3.63) is 42.5 Å². The lowest BCUT2D eigenvalue weighted by Gasteiger charge is -2.41. The zero-order valence-corrected chi connectivity index (χ0v) is 13.2. The van der Waals surface area contributed by atoms with E-state index in [0.29, 0.717) is 11.8 Å². The predicted octanol–water partition coefficient (Wildman–Crippen LogP) is 6.07. The van der Waals surface area contributed by atoms with Crippen LogP contribution in [0.15, 0.2) is 36.9 Å². The molecule has 0 heterocycles. The maximum atomic E-state index is 12.2. The lowest BCUT2D eigenvalue weighted by molar-refractivity contribution is -0.274. The smallest absolute Gasteiger partial charge is 0.406 e. The zero-order chi connectivity index (χ0) is 16.4. The third-order valence-corrected chi connectivity index (χ3v) is 5.57. The van der Waals surface area contributed by atoms with E-state index in [0.717, 1.165) is 30.2 Å². The Labute approximate surface area is 135 Å². The molecule has 2 fully saturated rings. The van der Waals surface area contributed by atoms with Gasteiger partial charge in [0.1, 0.15) is 5.75 Å². The van der Waals surface area contributed by atoms with Crippen LogP contribution in [0.1, 0.15) is 50.0 Å². The first-order chi connectivity index (χ1) is 10.9. The number of benzene rings is 1. The van der Waals surface area contributed by atoms with Gasteiger partial charge in [-0.1, -0.05) is 18.2 Å². The second kappa shape index (κ2) is 6.58. The number of allylic oxidation sites excluding steroid dienone is 1. The maximum Gasteiger partial charge on any atom is 0.573 e. The van der Waals surface area contributed by atoms with Crippen LogP contribution in [0.4, 0.5) is 13.2 Å². The van der Waals surface area contributed by atoms with Crippen LogP contribution in [0.3, 0.4) is 0 Å². The van der Waals surface area contributed by atoms with Gasteiger partial charge < -0.3 is 4.74 Å². The molecule has 0 bridgehead atoms. The van der Waals surface area contributed by atoms with Gasteiger partial charge in [-0.2, -0.15) is 0 Å². The first kappa shape index (κ1) is 16.4. The van der Waals surface area contributed by atoms with Gasteiger partial charge in [0.05, 0.1) is 0 Å². The van der Waals surface area contributed by atoms with Crippen molar-refractivity contribution in [2.75, 3.05) is 0 Å². The number of hydrogen-bond donors (Lipinski definition) is 0. The molecule has 1 nitrogen and oxygen atoms in total. The summed E-state index contributed by atoms with van der Waals surface area (Å²) in [6, 6.07) is 6.45. The van der Waals surface area contributed by atoms with Gasteiger partial charge in [-0.3, -0.25) is 0 Å². The van der Waals surface area contributed by atoms with E-state index in [1.54, 1.807) is 12.1 Å². The summed E-state index contributed by atoms with van der Waals surface area (Å²) in [5.74, 6) is 2.57. The largest absolute Gasteiger partial charge is 0.573 e. The Hall–Kier alpha value is -1.45. The highest BCUT2D eigenvalue weighted by atomic mass is 19.4. The summed E-state index contributed by atoms with van der Waals surface area (Å²) in [6.07, 6.45) is 4.74. The lowest BCUT2D eigenvalue weighted by atomic mass is 9.64. The van der Waals surface area contributed by atoms with E-state index in [9.17, 15) is 13.2 Å². The van der Waals surface area contributed by atoms with Gasteiger partial charge in [0.15, 0.2) is 0 Å². The van der Waals surface area contributed by atoms with Crippen molar-refractivity contribution in [1.82, 2.24) is 0 Å². The van der Waals surface area contributed by atoms with Gasteiger partial charge in [0.25, 0.3) is 0 Å². The summed E-state index contributed by atoms with van der Waals surface area (Å²) in [5.41, 5.74) is 1.14. The predicted molar refractivity (Wildman–Crippen MR) is 84.2 cm³/mol. The standard InChI is InChI=1S/C19H23F3O/c1-2-13-3-4-17-12-16(6-5-15(17)11-13)14-7-9-18(10-8-14)23-19(20,21)22/h2,7-10,13,15-17H,1,3-6,11-12H2/t13-,15-,16?,17-/m1/s1. The van der Waals surface area contributed by atoms with Gasteiger partial charge in [-0.05, 0) is 79.9 Å². The topological polar surface area (TPSA) is 9.23 Å². The van der Waals surface area contributed by atoms with E-state index in [-0.39, 0.29) is 5.75 Å². The van der Waals surface area contributed by atoms with Crippen molar-refractivity contribution in [2.45, 2.75) is 50.8 Å². The molecule has 1 aromatic carbocycles. The van der Waals surface area contributed by atoms with E-state index < -0.39 is 6.36 Å². The van der Waals surface area contributed by atoms with Crippen LogP contribution in [0.5, 0.6) is 5.75 Å². The fraction of sp³-hybridized carbons (Fsp3) is 0.579. The van der Waals surface area contributed by atoms with Crippen molar-refractivity contribution in [3.63, 3.8) is 0 Å². The van der Waals surface area contributed by atoms with Gasteiger partial charge in [0.2, 0.25) is 0 Å². The van der Waals surface area contributed by atoms with Gasteiger partial charge in [0, 0.05) is 0 Å². The molecule has 23 heavy (non-hydrogen) atoms. The highest BCUT2D eigenvalue weighted by molar-refractivity contribution is 5.30. The Morgan fingerprint density at radius 1 is 0.957 bits per heavy atom. The number of halogens is 3. The summed E-state index contributed by atoms with van der Waals surface area (Å²) in [4.78, 5) is 0. The number of alkyl halides is 3. The van der Waals surface area contributed by atoms with Crippen molar-refractivity contribution < 1.29 is 17.9 Å². The number of hydrogen-bond acceptors (Lipinski definition) is 1. The third-order valence-electron chi connectivity index (χ3n) is 5.57. The summed E-state index contributed by atoms with van der Waals surface area (Å²) in [6.45, 7) is 3.93. The molecule has 0 aliphatic heterocycles. The summed E-state index contributed by atoms with van der Waals surface area (Å²) < 4.78 is 40.6. The molecule has 1 unspecified atom stereocenters. The quantitative estimate of drug-likeness (QED) is 0.613. The van der Waals surface area contributed by atoms with Crippen molar-refractivity contribution >= 4 is 0 Å². The lowest BCUT2D eigenvalue weighted by Crippen LogP contribution is -2.29. The normalized spacial score (nSPS) is 31.3. The molecular weight excluding hydrogens is 301 g/mol. The number of rotatable bonds is 3. The number of fused-ring (bicyclic) bond motifs is 1. The third kappa shape index (κ3) is 4.10. The molecule has 3 rings (SSSR count). The van der Waals surface area contributed by atoms with E-state index in [4.69, 9.17) is 0 Å². The van der Waals surface area contributed by atoms with E-state index in [1.807, 2.05) is 0 Å². The molecule has 4 atom stereocenters. The summed E-state index contributed by atoms with van der Waals surface area (Å²) in [5, 5.41) is 0. The SMILES string of the molecule is C=C[C@@H]1CC[C@@H]2CC(c3ccc(OC(F)(F)F)cc3)CC[C@@H]2C1. The van der Waals surface area contributed by atoms with Gasteiger partial charge in [-0.15, -0.1) is 19.8 Å². The minimum absolute atomic E-state index is 0.138. The molecule has 2 aliphatic carbocycles. The molecule has 0 N–H and O–H groups in total. The van der Waals surface area contributed by atoms with E-state index >= 15 is 0 Å². The Morgan fingerprint density at radius 2 is 1.61 bits per heavy atom. The monoisotopic (exact) mass is 324 g/mol. The zero-order valence-electron chi connectivity index (χ0n) is 13.2. The highest BCUT2D eigenvalue weighted by Crippen LogP contribution is 2.47. The average molecular weight is 324 g/mol. The van der Waals surface area contributed by atoms with Crippen LogP contribution >= 0.6 is 0 Å². The molecule has 1 aromatic rings. The fourth-order valence-corrected chi connectivity index (χ4v) is 4.38. The molecule has 0 radical (unpaired) electrons. The average Bonchev–Trinajstić information content (AvgIpc) is 2.53. The molecule has 126 valence electrons. The highest BCUT2D eigenvalue weighted by Gasteiger charge is 2.35. The van der Waals surface area contributed by atoms with Crippen LogP contribution in [0.25, 0.3) is 0 Å². The summed E-state index contributed by atoms with van der Waals surface area (Å²) in [7, 11) is 0. The van der Waals surface area contributed by atoms with Crippen LogP contribution in [-0.4, -0.2) is 6.36 Å². The second-order valence-corrected chi connectivity index (χ2v) is 6.96. The van der Waals surface area contributed by atoms with Crippen LogP contribution in [0.2, 0.25) is 0 Å². The minimum Gasteiger partial charge on any atom is -0.406 e. The van der Waals surface area contributed by atoms with E-state index in [2.05, 4.69) is 17.4 Å². The molecule has 0 saturated heterocycles. The Kier molecular flexibility index (Phi) is 4.69. The molecule has 2 saturated carbocycles. The van der Waals surface area contributed by atoms with Gasteiger partial charge >= 0.3 is 6.36 Å². The molecule has 4 heteroatoms. The first-order valence-electron chi connectivity index (χ1n) is 8.43. The minimum atomic E-state index is -4.62. The Balaban J connectivity index is 1.61. The summed E-state index contributed by atoms with van der Waals surface area (Å²) >= 11 is 0. The number of ether oxygens (including phenoxy) is 1. The molecular formula is C19H23F3O. The molecule has 0 spiro atoms. The molecule has 0 aromatic heterocycles. The van der Waals surface area contributed by atoms with Crippen molar-refractivity contribution in [3.8, 4) is 5.75 Å². The van der Waals surface area contributed by atoms with Crippen LogP contribution in [-0.2, 0) is 0 Å². The molecule has 0 amide bonds. The van der Waals surface area contributed by atoms with Gasteiger partial charge in [-0.25, -0.2) is 0 Å². The fourth-order valence-electron chi connectivity index (χ4n) is 4.38. The van der Waals surface area contributed by atoms with E-state index in [1.165, 1.54) is 37.8 Å². The molecule has 2 aliphatic rings. The first-order valence-corrected chi connectivity index (χ1v) is 8.43. The van der Waals surface area contributed by atoms with Crippen LogP contribution in [0, 0.1) is 17.8 Å².